The Kier molecular flexibility index (Phi) is 4.17. The van der Waals surface area contributed by atoms with E-state index < -0.39 is 26.1 Å². The third kappa shape index (κ3) is 2.72. The molecule has 0 spiro atoms. The molecular weight excluding hydrogens is 297 g/mol. The van der Waals surface area contributed by atoms with Gasteiger partial charge in [0.2, 0.25) is 0 Å². The van der Waals surface area contributed by atoms with Crippen molar-refractivity contribution < 1.29 is 22.3 Å². The average molecular weight is 317 g/mol. The highest BCUT2D eigenvalue weighted by atomic mass is 32.2. The number of halogens is 1. The van der Waals surface area contributed by atoms with Gasteiger partial charge in [0.25, 0.3) is 0 Å². The van der Waals surface area contributed by atoms with E-state index in [1.807, 2.05) is 6.92 Å². The number of hydrogen-bond donors (Lipinski definition) is 1. The van der Waals surface area contributed by atoms with Crippen LogP contribution in [0.25, 0.3) is 0 Å². The molecule has 1 fully saturated rings. The van der Waals surface area contributed by atoms with Crippen molar-refractivity contribution in [3.8, 4) is 11.5 Å². The molecule has 0 amide bonds. The van der Waals surface area contributed by atoms with Crippen molar-refractivity contribution in [3.05, 3.63) is 17.4 Å². The SMILES string of the molecule is COc1c(C2(C)CCCN2)cc(F)c(S(C)(=O)=O)c1OC. The van der Waals surface area contributed by atoms with Crippen LogP contribution in [0.4, 0.5) is 4.39 Å². The Labute approximate surface area is 124 Å². The summed E-state index contributed by atoms with van der Waals surface area (Å²) >= 11 is 0. The average Bonchev–Trinajstić information content (AvgIpc) is 2.83. The fraction of sp³-hybridized carbons (Fsp3) is 0.571. The summed E-state index contributed by atoms with van der Waals surface area (Å²) in [6.45, 7) is 2.76. The molecule has 2 rings (SSSR count). The molecule has 5 nitrogen and oxygen atoms in total. The zero-order chi connectivity index (χ0) is 15.8. The number of methoxy groups -OCH3 is 2. The van der Waals surface area contributed by atoms with Crippen LogP contribution in [0.5, 0.6) is 11.5 Å². The minimum atomic E-state index is -3.77. The van der Waals surface area contributed by atoms with Crippen molar-refractivity contribution in [1.29, 1.82) is 0 Å². The Morgan fingerprint density at radius 3 is 2.33 bits per heavy atom. The molecular formula is C14H20FNO4S. The summed E-state index contributed by atoms with van der Waals surface area (Å²) in [6, 6.07) is 1.23. The fourth-order valence-corrected chi connectivity index (χ4v) is 3.79. The predicted molar refractivity (Wildman–Crippen MR) is 77.2 cm³/mol. The number of rotatable bonds is 4. The normalized spacial score (nSPS) is 22.3. The molecule has 0 aliphatic carbocycles. The first-order valence-electron chi connectivity index (χ1n) is 6.64. The molecule has 1 unspecified atom stereocenters. The molecule has 118 valence electrons. The molecule has 0 saturated carbocycles. The van der Waals surface area contributed by atoms with Gasteiger partial charge in [0.1, 0.15) is 10.7 Å². The second-order valence-corrected chi connectivity index (χ2v) is 7.39. The maximum Gasteiger partial charge on any atom is 0.182 e. The van der Waals surface area contributed by atoms with Crippen LogP contribution >= 0.6 is 0 Å². The van der Waals surface area contributed by atoms with Gasteiger partial charge in [0.05, 0.1) is 14.2 Å². The third-order valence-electron chi connectivity index (χ3n) is 3.89. The highest BCUT2D eigenvalue weighted by Gasteiger charge is 2.37. The van der Waals surface area contributed by atoms with Gasteiger partial charge in [0, 0.05) is 17.4 Å². The van der Waals surface area contributed by atoms with Crippen LogP contribution in [-0.4, -0.2) is 35.4 Å². The molecule has 0 radical (unpaired) electrons. The summed E-state index contributed by atoms with van der Waals surface area (Å²) < 4.78 is 48.5. The van der Waals surface area contributed by atoms with Gasteiger partial charge in [0.15, 0.2) is 21.3 Å². The topological polar surface area (TPSA) is 64.6 Å². The summed E-state index contributed by atoms with van der Waals surface area (Å²) in [5.41, 5.74) is 0.111. The van der Waals surface area contributed by atoms with Crippen LogP contribution in [0.15, 0.2) is 11.0 Å². The van der Waals surface area contributed by atoms with Gasteiger partial charge in [-0.1, -0.05) is 0 Å². The van der Waals surface area contributed by atoms with Gasteiger partial charge >= 0.3 is 0 Å². The van der Waals surface area contributed by atoms with Gasteiger partial charge in [-0.3, -0.25) is 0 Å². The third-order valence-corrected chi connectivity index (χ3v) is 5.01. The first-order chi connectivity index (χ1) is 9.74. The summed E-state index contributed by atoms with van der Waals surface area (Å²) in [5, 5.41) is 3.31. The van der Waals surface area contributed by atoms with Crippen LogP contribution in [0.3, 0.4) is 0 Å². The lowest BCUT2D eigenvalue weighted by atomic mass is 9.89. The first-order valence-corrected chi connectivity index (χ1v) is 8.54. The molecule has 7 heteroatoms. The van der Waals surface area contributed by atoms with Crippen molar-refractivity contribution in [1.82, 2.24) is 5.32 Å². The van der Waals surface area contributed by atoms with Crippen LogP contribution in [0.1, 0.15) is 25.3 Å². The standard InChI is InChI=1S/C14H20FNO4S/c1-14(6-5-7-16-14)9-8-10(15)13(21(4,17)18)12(20-3)11(9)19-2/h8,16H,5-7H2,1-4H3. The molecule has 1 aliphatic heterocycles. The lowest BCUT2D eigenvalue weighted by Crippen LogP contribution is -2.34. The minimum Gasteiger partial charge on any atom is -0.492 e. The van der Waals surface area contributed by atoms with Crippen LogP contribution < -0.4 is 14.8 Å². The quantitative estimate of drug-likeness (QED) is 0.918. The molecule has 1 heterocycles. The van der Waals surface area contributed by atoms with Crippen molar-refractivity contribution in [3.63, 3.8) is 0 Å². The van der Waals surface area contributed by atoms with Crippen molar-refractivity contribution >= 4 is 9.84 Å². The maximum absolute atomic E-state index is 14.4. The highest BCUT2D eigenvalue weighted by Crippen LogP contribution is 2.45. The maximum atomic E-state index is 14.4. The van der Waals surface area contributed by atoms with Gasteiger partial charge in [-0.25, -0.2) is 12.8 Å². The zero-order valence-electron chi connectivity index (χ0n) is 12.6. The second kappa shape index (κ2) is 5.46. The van der Waals surface area contributed by atoms with Gasteiger partial charge in [-0.05, 0) is 32.4 Å². The van der Waals surface area contributed by atoms with E-state index in [0.717, 1.165) is 25.6 Å². The lowest BCUT2D eigenvalue weighted by molar-refractivity contribution is 0.321. The molecule has 1 aliphatic rings. The van der Waals surface area contributed by atoms with E-state index in [4.69, 9.17) is 9.47 Å². The molecule has 1 saturated heterocycles. The molecule has 0 aromatic heterocycles. The van der Waals surface area contributed by atoms with E-state index in [-0.39, 0.29) is 11.5 Å². The van der Waals surface area contributed by atoms with E-state index in [1.54, 1.807) is 0 Å². The minimum absolute atomic E-state index is 0.0788. The van der Waals surface area contributed by atoms with Gasteiger partial charge in [-0.15, -0.1) is 0 Å². The molecule has 0 bridgehead atoms. The van der Waals surface area contributed by atoms with Gasteiger partial charge in [-0.2, -0.15) is 0 Å². The summed E-state index contributed by atoms with van der Waals surface area (Å²) in [6.07, 6.45) is 2.71. The highest BCUT2D eigenvalue weighted by molar-refractivity contribution is 7.90. The Morgan fingerprint density at radius 1 is 1.29 bits per heavy atom. The summed E-state index contributed by atoms with van der Waals surface area (Å²) in [5.74, 6) is -0.638. The number of benzene rings is 1. The summed E-state index contributed by atoms with van der Waals surface area (Å²) in [7, 11) is -1.04. The Bertz CT molecular complexity index is 651. The number of sulfone groups is 1. The van der Waals surface area contributed by atoms with E-state index in [0.29, 0.717) is 5.56 Å². The van der Waals surface area contributed by atoms with E-state index in [1.165, 1.54) is 20.3 Å². The van der Waals surface area contributed by atoms with E-state index in [2.05, 4.69) is 5.32 Å². The molecule has 1 aromatic carbocycles. The smallest absolute Gasteiger partial charge is 0.182 e. The summed E-state index contributed by atoms with van der Waals surface area (Å²) in [4.78, 5) is -0.466. The van der Waals surface area contributed by atoms with Gasteiger partial charge < -0.3 is 14.8 Å². The van der Waals surface area contributed by atoms with Crippen LogP contribution in [0, 0.1) is 5.82 Å². The molecule has 21 heavy (non-hydrogen) atoms. The van der Waals surface area contributed by atoms with Crippen LogP contribution in [-0.2, 0) is 15.4 Å². The Hall–Kier alpha value is -1.34. The number of nitrogens with one attached hydrogen (secondary N) is 1. The van der Waals surface area contributed by atoms with E-state index in [9.17, 15) is 12.8 Å². The first kappa shape index (κ1) is 16.0. The fourth-order valence-electron chi connectivity index (χ4n) is 2.86. The number of ether oxygens (including phenoxy) is 2. The second-order valence-electron chi connectivity index (χ2n) is 5.44. The van der Waals surface area contributed by atoms with Crippen LogP contribution in [0.2, 0.25) is 0 Å². The number of hydrogen-bond acceptors (Lipinski definition) is 5. The predicted octanol–water partition coefficient (Wildman–Crippen LogP) is 1.84. The van der Waals surface area contributed by atoms with Crippen molar-refractivity contribution in [2.75, 3.05) is 27.0 Å². The Morgan fingerprint density at radius 2 is 1.90 bits per heavy atom. The molecule has 1 atom stereocenters. The molecule has 1 N–H and O–H groups in total. The van der Waals surface area contributed by atoms with Crippen molar-refractivity contribution in [2.45, 2.75) is 30.2 Å². The molecule has 1 aromatic rings. The monoisotopic (exact) mass is 317 g/mol. The largest absolute Gasteiger partial charge is 0.492 e. The zero-order valence-corrected chi connectivity index (χ0v) is 13.4. The Balaban J connectivity index is 2.78. The van der Waals surface area contributed by atoms with E-state index >= 15 is 0 Å². The lowest BCUT2D eigenvalue weighted by Gasteiger charge is -2.28. The van der Waals surface area contributed by atoms with Crippen molar-refractivity contribution in [2.24, 2.45) is 0 Å².